The summed E-state index contributed by atoms with van der Waals surface area (Å²) in [6, 6.07) is 21.2. The molecule has 0 aliphatic heterocycles. The Morgan fingerprint density at radius 3 is 1.62 bits per heavy atom. The first-order valence-electron chi connectivity index (χ1n) is 5.62. The minimum absolute atomic E-state index is 0.430. The van der Waals surface area contributed by atoms with E-state index in [0.717, 1.165) is 6.42 Å². The topological polar surface area (TPSA) is 0 Å². The normalized spacial score (nSPS) is 10.3. The van der Waals surface area contributed by atoms with Crippen molar-refractivity contribution in [2.75, 3.05) is 0 Å². The van der Waals surface area contributed by atoms with E-state index >= 15 is 0 Å². The Balaban J connectivity index is 2.35. The lowest BCUT2D eigenvalue weighted by Crippen LogP contribution is -1.99. The highest BCUT2D eigenvalue weighted by atomic mass is 14.1. The average molecular weight is 208 g/mol. The summed E-state index contributed by atoms with van der Waals surface area (Å²) in [5.74, 6) is 0.430. The van der Waals surface area contributed by atoms with Crippen LogP contribution in [0.3, 0.4) is 0 Å². The molecule has 2 rings (SSSR count). The lowest BCUT2D eigenvalue weighted by Gasteiger charge is -2.15. The number of hydrogen-bond acceptors (Lipinski definition) is 0. The van der Waals surface area contributed by atoms with Gasteiger partial charge < -0.3 is 0 Å². The molecule has 0 saturated heterocycles. The minimum Gasteiger partial charge on any atom is -0.103 e. The number of hydrogen-bond donors (Lipinski definition) is 0. The monoisotopic (exact) mass is 208 g/mol. The average Bonchev–Trinajstić information content (AvgIpc) is 2.38. The molecule has 0 bridgehead atoms. The van der Waals surface area contributed by atoms with Crippen LogP contribution >= 0.6 is 0 Å². The maximum Gasteiger partial charge on any atom is 0.0124 e. The molecular formula is C16H16. The van der Waals surface area contributed by atoms with Crippen LogP contribution in [0.25, 0.3) is 0 Å². The molecule has 0 aromatic heterocycles. The maximum atomic E-state index is 3.85. The van der Waals surface area contributed by atoms with Crippen molar-refractivity contribution in [2.45, 2.75) is 12.3 Å². The summed E-state index contributed by atoms with van der Waals surface area (Å²) >= 11 is 0. The molecular weight excluding hydrogens is 192 g/mol. The third kappa shape index (κ3) is 2.40. The van der Waals surface area contributed by atoms with E-state index in [2.05, 4.69) is 67.2 Å². The van der Waals surface area contributed by atoms with Gasteiger partial charge in [-0.1, -0.05) is 66.7 Å². The van der Waals surface area contributed by atoms with Crippen LogP contribution in [-0.2, 0) is 0 Å². The number of allylic oxidation sites excluding steroid dienone is 1. The molecule has 0 radical (unpaired) electrons. The van der Waals surface area contributed by atoms with Gasteiger partial charge in [0, 0.05) is 5.92 Å². The Hall–Kier alpha value is -1.82. The summed E-state index contributed by atoms with van der Waals surface area (Å²) in [5.41, 5.74) is 2.71. The fraction of sp³-hybridized carbons (Fsp3) is 0.125. The van der Waals surface area contributed by atoms with Crippen LogP contribution in [-0.4, -0.2) is 0 Å². The standard InChI is InChI=1S/C16H16/c1-2-9-16(14-10-5-3-6-11-14)15-12-7-4-8-13-15/h2-8,10-13,16H,1,9H2. The van der Waals surface area contributed by atoms with Gasteiger partial charge in [0.25, 0.3) is 0 Å². The third-order valence-electron chi connectivity index (χ3n) is 2.81. The highest BCUT2D eigenvalue weighted by molar-refractivity contribution is 5.32. The van der Waals surface area contributed by atoms with Gasteiger partial charge in [-0.3, -0.25) is 0 Å². The molecule has 0 N–H and O–H groups in total. The Bertz CT molecular complexity index is 389. The highest BCUT2D eigenvalue weighted by Gasteiger charge is 2.11. The van der Waals surface area contributed by atoms with Gasteiger partial charge in [0.05, 0.1) is 0 Å². The SMILES string of the molecule is C=CCC(c1ccccc1)c1ccccc1. The van der Waals surface area contributed by atoms with Crippen molar-refractivity contribution in [1.29, 1.82) is 0 Å². The summed E-state index contributed by atoms with van der Waals surface area (Å²) in [5, 5.41) is 0. The van der Waals surface area contributed by atoms with Gasteiger partial charge in [-0.25, -0.2) is 0 Å². The van der Waals surface area contributed by atoms with Crippen LogP contribution < -0.4 is 0 Å². The molecule has 0 spiro atoms. The van der Waals surface area contributed by atoms with Crippen molar-refractivity contribution >= 4 is 0 Å². The lowest BCUT2D eigenvalue weighted by molar-refractivity contribution is 0.831. The van der Waals surface area contributed by atoms with Crippen molar-refractivity contribution in [2.24, 2.45) is 0 Å². The van der Waals surface area contributed by atoms with Gasteiger partial charge >= 0.3 is 0 Å². The van der Waals surface area contributed by atoms with Crippen LogP contribution in [0.15, 0.2) is 73.3 Å². The molecule has 0 heterocycles. The predicted molar refractivity (Wildman–Crippen MR) is 69.5 cm³/mol. The molecule has 0 aliphatic rings. The first-order valence-corrected chi connectivity index (χ1v) is 5.62. The van der Waals surface area contributed by atoms with Crippen LogP contribution in [0.1, 0.15) is 23.5 Å². The molecule has 2 aromatic carbocycles. The van der Waals surface area contributed by atoms with Crippen LogP contribution in [0, 0.1) is 0 Å². The van der Waals surface area contributed by atoms with Gasteiger partial charge in [0.2, 0.25) is 0 Å². The quantitative estimate of drug-likeness (QED) is 0.653. The van der Waals surface area contributed by atoms with Gasteiger partial charge in [-0.15, -0.1) is 6.58 Å². The van der Waals surface area contributed by atoms with E-state index in [1.807, 2.05) is 6.08 Å². The van der Waals surface area contributed by atoms with Crippen molar-refractivity contribution in [3.05, 3.63) is 84.4 Å². The van der Waals surface area contributed by atoms with E-state index in [1.54, 1.807) is 0 Å². The van der Waals surface area contributed by atoms with Crippen molar-refractivity contribution < 1.29 is 0 Å². The van der Waals surface area contributed by atoms with Crippen molar-refractivity contribution in [3.63, 3.8) is 0 Å². The summed E-state index contributed by atoms with van der Waals surface area (Å²) < 4.78 is 0. The summed E-state index contributed by atoms with van der Waals surface area (Å²) in [4.78, 5) is 0. The number of rotatable bonds is 4. The van der Waals surface area contributed by atoms with Gasteiger partial charge in [-0.2, -0.15) is 0 Å². The number of benzene rings is 2. The van der Waals surface area contributed by atoms with Gasteiger partial charge in [0.1, 0.15) is 0 Å². The van der Waals surface area contributed by atoms with Gasteiger partial charge in [-0.05, 0) is 17.5 Å². The fourth-order valence-corrected chi connectivity index (χ4v) is 2.00. The summed E-state index contributed by atoms with van der Waals surface area (Å²) in [6.07, 6.45) is 2.97. The maximum absolute atomic E-state index is 3.85. The van der Waals surface area contributed by atoms with Crippen molar-refractivity contribution in [1.82, 2.24) is 0 Å². The molecule has 2 aromatic rings. The van der Waals surface area contributed by atoms with Gasteiger partial charge in [0.15, 0.2) is 0 Å². The predicted octanol–water partition coefficient (Wildman–Crippen LogP) is 4.39. The van der Waals surface area contributed by atoms with E-state index in [9.17, 15) is 0 Å². The zero-order valence-corrected chi connectivity index (χ0v) is 9.34. The van der Waals surface area contributed by atoms with E-state index in [-0.39, 0.29) is 0 Å². The van der Waals surface area contributed by atoms with E-state index in [4.69, 9.17) is 0 Å². The second kappa shape index (κ2) is 5.32. The Labute approximate surface area is 97.3 Å². The molecule has 0 nitrogen and oxygen atoms in total. The highest BCUT2D eigenvalue weighted by Crippen LogP contribution is 2.27. The van der Waals surface area contributed by atoms with E-state index in [0.29, 0.717) is 5.92 Å². The second-order valence-corrected chi connectivity index (χ2v) is 3.90. The largest absolute Gasteiger partial charge is 0.103 e. The molecule has 0 amide bonds. The first kappa shape index (κ1) is 10.7. The smallest absolute Gasteiger partial charge is 0.0124 e. The molecule has 80 valence electrons. The Morgan fingerprint density at radius 2 is 1.25 bits per heavy atom. The summed E-state index contributed by atoms with van der Waals surface area (Å²) in [7, 11) is 0. The minimum atomic E-state index is 0.430. The van der Waals surface area contributed by atoms with Crippen molar-refractivity contribution in [3.8, 4) is 0 Å². The molecule has 0 heteroatoms. The van der Waals surface area contributed by atoms with Crippen LogP contribution in [0.4, 0.5) is 0 Å². The van der Waals surface area contributed by atoms with E-state index < -0.39 is 0 Å². The molecule has 0 atom stereocenters. The zero-order valence-electron chi connectivity index (χ0n) is 9.34. The molecule has 0 aliphatic carbocycles. The Morgan fingerprint density at radius 1 is 0.812 bits per heavy atom. The molecule has 0 saturated carbocycles. The van der Waals surface area contributed by atoms with E-state index in [1.165, 1.54) is 11.1 Å². The molecule has 0 unspecified atom stereocenters. The van der Waals surface area contributed by atoms with Crippen LogP contribution in [0.2, 0.25) is 0 Å². The molecule has 16 heavy (non-hydrogen) atoms. The lowest BCUT2D eigenvalue weighted by atomic mass is 9.89. The van der Waals surface area contributed by atoms with Crippen LogP contribution in [0.5, 0.6) is 0 Å². The zero-order chi connectivity index (χ0) is 11.2. The summed E-state index contributed by atoms with van der Waals surface area (Å²) in [6.45, 7) is 3.85. The first-order chi connectivity index (χ1) is 7.92. The third-order valence-corrected chi connectivity index (χ3v) is 2.81. The second-order valence-electron chi connectivity index (χ2n) is 3.90. The fourth-order valence-electron chi connectivity index (χ4n) is 2.00. The Kier molecular flexibility index (Phi) is 3.55. The molecule has 0 fully saturated rings.